The lowest BCUT2D eigenvalue weighted by molar-refractivity contribution is -0.119. The van der Waals surface area contributed by atoms with E-state index < -0.39 is 17.7 Å². The maximum absolute atomic E-state index is 12.8. The molecule has 0 saturated heterocycles. The van der Waals surface area contributed by atoms with E-state index in [1.54, 1.807) is 32.0 Å². The standard InChI is InChI=1S/C19H18ClNO3S/c1-10(2)17(22)15-16(14-5-4-8-25-14)21(19(24)18(15)23)13-7-6-12(20)9-11(13)3/h4-10,16,23H,1-3H3. The molecule has 2 heterocycles. The zero-order chi connectivity index (χ0) is 18.3. The Morgan fingerprint density at radius 1 is 1.32 bits per heavy atom. The molecule has 0 radical (unpaired) electrons. The van der Waals surface area contributed by atoms with E-state index in [2.05, 4.69) is 0 Å². The van der Waals surface area contributed by atoms with Gasteiger partial charge in [0.05, 0.1) is 5.57 Å². The number of Topliss-reactive ketones (excluding diaryl/α,β-unsaturated/α-hetero) is 1. The molecule has 0 spiro atoms. The van der Waals surface area contributed by atoms with Gasteiger partial charge < -0.3 is 5.11 Å². The number of aliphatic hydroxyl groups is 1. The van der Waals surface area contributed by atoms with Crippen molar-refractivity contribution in [3.05, 3.63) is 62.5 Å². The SMILES string of the molecule is Cc1cc(Cl)ccc1N1C(=O)C(O)=C(C(=O)C(C)C)C1c1cccs1. The van der Waals surface area contributed by atoms with E-state index in [0.29, 0.717) is 10.7 Å². The molecular formula is C19H18ClNO3S. The van der Waals surface area contributed by atoms with Crippen molar-refractivity contribution in [3.63, 3.8) is 0 Å². The Hall–Kier alpha value is -2.11. The molecule has 130 valence electrons. The molecule has 1 atom stereocenters. The predicted molar refractivity (Wildman–Crippen MR) is 100 cm³/mol. The monoisotopic (exact) mass is 375 g/mol. The van der Waals surface area contributed by atoms with Gasteiger partial charge in [-0.15, -0.1) is 11.3 Å². The number of ketones is 1. The summed E-state index contributed by atoms with van der Waals surface area (Å²) in [6.07, 6.45) is 0. The van der Waals surface area contributed by atoms with Crippen molar-refractivity contribution in [1.82, 2.24) is 0 Å². The Bertz CT molecular complexity index is 871. The Labute approximate surface area is 155 Å². The van der Waals surface area contributed by atoms with E-state index in [0.717, 1.165) is 10.4 Å². The van der Waals surface area contributed by atoms with E-state index in [9.17, 15) is 14.7 Å². The van der Waals surface area contributed by atoms with Crippen molar-refractivity contribution in [2.75, 3.05) is 4.90 Å². The summed E-state index contributed by atoms with van der Waals surface area (Å²) in [6.45, 7) is 5.36. The fourth-order valence-electron chi connectivity index (χ4n) is 3.02. The molecule has 3 rings (SSSR count). The summed E-state index contributed by atoms with van der Waals surface area (Å²) in [5.74, 6) is -1.57. The van der Waals surface area contributed by atoms with Crippen molar-refractivity contribution < 1.29 is 14.7 Å². The van der Waals surface area contributed by atoms with Crippen LogP contribution in [-0.2, 0) is 9.59 Å². The topological polar surface area (TPSA) is 57.6 Å². The number of carbonyl (C=O) groups is 2. The summed E-state index contributed by atoms with van der Waals surface area (Å²) < 4.78 is 0. The molecule has 1 aliphatic rings. The van der Waals surface area contributed by atoms with Gasteiger partial charge in [0, 0.05) is 21.5 Å². The third-order valence-electron chi connectivity index (χ3n) is 4.23. The highest BCUT2D eigenvalue weighted by atomic mass is 35.5. The number of aryl methyl sites for hydroxylation is 1. The lowest BCUT2D eigenvalue weighted by atomic mass is 9.94. The van der Waals surface area contributed by atoms with Crippen LogP contribution in [0.3, 0.4) is 0 Å². The van der Waals surface area contributed by atoms with Crippen LogP contribution >= 0.6 is 22.9 Å². The van der Waals surface area contributed by atoms with Gasteiger partial charge in [-0.2, -0.15) is 0 Å². The van der Waals surface area contributed by atoms with Crippen LogP contribution < -0.4 is 4.90 Å². The van der Waals surface area contributed by atoms with Crippen molar-refractivity contribution >= 4 is 40.3 Å². The molecule has 1 N–H and O–H groups in total. The number of nitrogens with zero attached hydrogens (tertiary/aromatic N) is 1. The zero-order valence-corrected chi connectivity index (χ0v) is 15.7. The van der Waals surface area contributed by atoms with Gasteiger partial charge in [-0.3, -0.25) is 14.5 Å². The minimum absolute atomic E-state index is 0.164. The number of carbonyl (C=O) groups excluding carboxylic acids is 2. The number of hydrogen-bond donors (Lipinski definition) is 1. The summed E-state index contributed by atoms with van der Waals surface area (Å²) >= 11 is 7.48. The summed E-state index contributed by atoms with van der Waals surface area (Å²) in [5.41, 5.74) is 1.59. The first kappa shape index (κ1) is 17.7. The Morgan fingerprint density at radius 2 is 2.04 bits per heavy atom. The van der Waals surface area contributed by atoms with Crippen LogP contribution in [-0.4, -0.2) is 16.8 Å². The summed E-state index contributed by atoms with van der Waals surface area (Å²) in [7, 11) is 0. The van der Waals surface area contributed by atoms with Gasteiger partial charge in [0.25, 0.3) is 5.91 Å². The number of benzene rings is 1. The van der Waals surface area contributed by atoms with Gasteiger partial charge in [-0.1, -0.05) is 31.5 Å². The van der Waals surface area contributed by atoms with Gasteiger partial charge >= 0.3 is 0 Å². The van der Waals surface area contributed by atoms with E-state index in [-0.39, 0.29) is 17.3 Å². The second-order valence-corrected chi connectivity index (χ2v) is 7.72. The predicted octanol–water partition coefficient (Wildman–Crippen LogP) is 4.84. The summed E-state index contributed by atoms with van der Waals surface area (Å²) in [6, 6.07) is 8.31. The van der Waals surface area contributed by atoms with Crippen LogP contribution in [0.15, 0.2) is 47.0 Å². The minimum atomic E-state index is -0.623. The molecule has 0 saturated carbocycles. The summed E-state index contributed by atoms with van der Waals surface area (Å²) in [4.78, 5) is 27.9. The van der Waals surface area contributed by atoms with Crippen molar-refractivity contribution in [1.29, 1.82) is 0 Å². The normalized spacial score (nSPS) is 17.7. The van der Waals surface area contributed by atoms with E-state index >= 15 is 0 Å². The molecule has 6 heteroatoms. The highest BCUT2D eigenvalue weighted by Crippen LogP contribution is 2.44. The molecule has 0 fully saturated rings. The molecule has 4 nitrogen and oxygen atoms in total. The molecular weight excluding hydrogens is 358 g/mol. The molecule has 25 heavy (non-hydrogen) atoms. The Kier molecular flexibility index (Phi) is 4.71. The average molecular weight is 376 g/mol. The molecule has 1 aromatic heterocycles. The van der Waals surface area contributed by atoms with Crippen LogP contribution in [0.5, 0.6) is 0 Å². The maximum Gasteiger partial charge on any atom is 0.294 e. The van der Waals surface area contributed by atoms with Gasteiger partial charge in [-0.05, 0) is 42.1 Å². The van der Waals surface area contributed by atoms with Crippen molar-refractivity contribution in [2.24, 2.45) is 5.92 Å². The number of aliphatic hydroxyl groups excluding tert-OH is 1. The maximum atomic E-state index is 12.8. The first-order valence-electron chi connectivity index (χ1n) is 7.93. The van der Waals surface area contributed by atoms with Crippen LogP contribution in [0, 0.1) is 12.8 Å². The van der Waals surface area contributed by atoms with Crippen LogP contribution in [0.25, 0.3) is 0 Å². The number of halogens is 1. The molecule has 0 bridgehead atoms. The molecule has 2 aromatic rings. The van der Waals surface area contributed by atoms with Crippen LogP contribution in [0.4, 0.5) is 5.69 Å². The zero-order valence-electron chi connectivity index (χ0n) is 14.1. The van der Waals surface area contributed by atoms with Crippen LogP contribution in [0.1, 0.15) is 30.3 Å². The highest BCUT2D eigenvalue weighted by Gasteiger charge is 2.45. The van der Waals surface area contributed by atoms with Crippen molar-refractivity contribution in [2.45, 2.75) is 26.8 Å². The van der Waals surface area contributed by atoms with Gasteiger partial charge in [0.15, 0.2) is 11.5 Å². The van der Waals surface area contributed by atoms with E-state index in [1.165, 1.54) is 16.2 Å². The third kappa shape index (κ3) is 2.98. The largest absolute Gasteiger partial charge is 0.503 e. The van der Waals surface area contributed by atoms with Gasteiger partial charge in [0.1, 0.15) is 6.04 Å². The molecule has 0 aliphatic carbocycles. The lowest BCUT2D eigenvalue weighted by Gasteiger charge is -2.27. The molecule has 1 amide bonds. The fourth-order valence-corrected chi connectivity index (χ4v) is 4.07. The second-order valence-electron chi connectivity index (χ2n) is 6.31. The first-order valence-corrected chi connectivity index (χ1v) is 9.19. The highest BCUT2D eigenvalue weighted by molar-refractivity contribution is 7.10. The third-order valence-corrected chi connectivity index (χ3v) is 5.39. The van der Waals surface area contributed by atoms with Gasteiger partial charge in [-0.25, -0.2) is 0 Å². The average Bonchev–Trinajstić information content (AvgIpc) is 3.15. The Balaban J connectivity index is 2.19. The smallest absolute Gasteiger partial charge is 0.294 e. The molecule has 1 unspecified atom stereocenters. The minimum Gasteiger partial charge on any atom is -0.503 e. The molecule has 1 aromatic carbocycles. The van der Waals surface area contributed by atoms with E-state index in [1.807, 2.05) is 24.4 Å². The number of amides is 1. The quantitative estimate of drug-likeness (QED) is 0.832. The lowest BCUT2D eigenvalue weighted by Crippen LogP contribution is -2.31. The second kappa shape index (κ2) is 6.65. The Morgan fingerprint density at radius 3 is 2.60 bits per heavy atom. The number of hydrogen-bond acceptors (Lipinski definition) is 4. The first-order chi connectivity index (χ1) is 11.8. The van der Waals surface area contributed by atoms with Crippen LogP contribution in [0.2, 0.25) is 5.02 Å². The number of rotatable bonds is 4. The fraction of sp³-hybridized carbons (Fsp3) is 0.263. The van der Waals surface area contributed by atoms with E-state index in [4.69, 9.17) is 11.6 Å². The molecule has 1 aliphatic heterocycles. The van der Waals surface area contributed by atoms with Crippen molar-refractivity contribution in [3.8, 4) is 0 Å². The van der Waals surface area contributed by atoms with Gasteiger partial charge in [0.2, 0.25) is 0 Å². The summed E-state index contributed by atoms with van der Waals surface area (Å²) in [5, 5.41) is 12.9. The number of thiophene rings is 1. The number of anilines is 1.